The number of carbonyl (C=O) groups excluding carboxylic acids is 2. The third-order valence-electron chi connectivity index (χ3n) is 3.27. The number of hydrogen-bond donors (Lipinski definition) is 1. The van der Waals surface area contributed by atoms with Crippen molar-refractivity contribution >= 4 is 34.7 Å². The molecule has 1 aliphatic rings. The number of imide groups is 1. The summed E-state index contributed by atoms with van der Waals surface area (Å²) in [5, 5.41) is 0. The third-order valence-corrected chi connectivity index (χ3v) is 3.49. The Morgan fingerprint density at radius 2 is 1.62 bits per heavy atom. The van der Waals surface area contributed by atoms with Crippen molar-refractivity contribution in [1.82, 2.24) is 0 Å². The molecular weight excluding hydrogens is 291 g/mol. The molecule has 0 bridgehead atoms. The van der Waals surface area contributed by atoms with Crippen LogP contribution in [0.3, 0.4) is 0 Å². The van der Waals surface area contributed by atoms with Crippen LogP contribution in [0.25, 0.3) is 0 Å². The molecule has 0 radical (unpaired) electrons. The van der Waals surface area contributed by atoms with E-state index in [9.17, 15) is 14.0 Å². The summed E-state index contributed by atoms with van der Waals surface area (Å²) in [4.78, 5) is 25.5. The van der Waals surface area contributed by atoms with Gasteiger partial charge in [0, 0.05) is 5.56 Å². The number of anilines is 1. The molecule has 0 aliphatic carbocycles. The van der Waals surface area contributed by atoms with Crippen LogP contribution in [0, 0.1) is 5.82 Å². The Bertz CT molecular complexity index is 769. The molecule has 0 saturated heterocycles. The molecular formula is C15H9FN2O2S. The topological polar surface area (TPSA) is 63.4 Å². The quantitative estimate of drug-likeness (QED) is 0.682. The maximum atomic E-state index is 13.6. The first-order valence-electron chi connectivity index (χ1n) is 6.08. The number of hydrogen-bond acceptors (Lipinski definition) is 3. The molecule has 2 aromatic rings. The van der Waals surface area contributed by atoms with Crippen LogP contribution in [0.2, 0.25) is 0 Å². The summed E-state index contributed by atoms with van der Waals surface area (Å²) in [6.07, 6.45) is 0. The number of carbonyl (C=O) groups is 2. The highest BCUT2D eigenvalue weighted by Crippen LogP contribution is 2.29. The summed E-state index contributed by atoms with van der Waals surface area (Å²) >= 11 is 4.76. The highest BCUT2D eigenvalue weighted by atomic mass is 32.1. The number of nitrogens with zero attached hydrogens (tertiary/aromatic N) is 1. The Balaban J connectivity index is 2.11. The van der Waals surface area contributed by atoms with Crippen molar-refractivity contribution < 1.29 is 14.0 Å². The van der Waals surface area contributed by atoms with Crippen LogP contribution in [0.4, 0.5) is 10.1 Å². The van der Waals surface area contributed by atoms with E-state index >= 15 is 0 Å². The monoisotopic (exact) mass is 300 g/mol. The van der Waals surface area contributed by atoms with Gasteiger partial charge in [0.25, 0.3) is 11.8 Å². The lowest BCUT2D eigenvalue weighted by molar-refractivity contribution is 0.0926. The van der Waals surface area contributed by atoms with Crippen LogP contribution >= 0.6 is 12.2 Å². The fourth-order valence-corrected chi connectivity index (χ4v) is 2.42. The summed E-state index contributed by atoms with van der Waals surface area (Å²) in [5.74, 6) is -1.49. The van der Waals surface area contributed by atoms with Crippen LogP contribution < -0.4 is 10.6 Å². The third kappa shape index (κ3) is 2.00. The van der Waals surface area contributed by atoms with Gasteiger partial charge in [0.05, 0.1) is 16.8 Å². The predicted octanol–water partition coefficient (Wildman–Crippen LogP) is 2.26. The second kappa shape index (κ2) is 4.75. The van der Waals surface area contributed by atoms with E-state index in [1.165, 1.54) is 12.1 Å². The minimum atomic E-state index is -0.595. The van der Waals surface area contributed by atoms with Gasteiger partial charge in [0.1, 0.15) is 10.8 Å². The number of rotatable bonds is 2. The highest BCUT2D eigenvalue weighted by Gasteiger charge is 2.36. The summed E-state index contributed by atoms with van der Waals surface area (Å²) in [6.45, 7) is 0. The normalized spacial score (nSPS) is 13.5. The lowest BCUT2D eigenvalue weighted by atomic mass is 10.1. The van der Waals surface area contributed by atoms with E-state index in [1.54, 1.807) is 24.3 Å². The van der Waals surface area contributed by atoms with Gasteiger partial charge in [-0.05, 0) is 30.3 Å². The lowest BCUT2D eigenvalue weighted by Gasteiger charge is -2.15. The largest absolute Gasteiger partial charge is 0.389 e. The predicted molar refractivity (Wildman–Crippen MR) is 79.9 cm³/mol. The Hall–Kier alpha value is -2.60. The number of halogens is 1. The van der Waals surface area contributed by atoms with Gasteiger partial charge in [0.2, 0.25) is 0 Å². The van der Waals surface area contributed by atoms with Crippen LogP contribution in [0.15, 0.2) is 42.5 Å². The molecule has 3 rings (SSSR count). The first kappa shape index (κ1) is 13.4. The van der Waals surface area contributed by atoms with Crippen molar-refractivity contribution in [3.05, 3.63) is 65.0 Å². The Morgan fingerprint density at radius 1 is 1.05 bits per heavy atom. The zero-order valence-corrected chi connectivity index (χ0v) is 11.5. The standard InChI is InChI=1S/C15H9FN2O2S/c16-12-6-5-8(7-11(12)13(17)21)18-14(19)9-3-1-2-4-10(9)15(18)20/h1-7H,(H2,17,21). The maximum absolute atomic E-state index is 13.6. The first-order valence-corrected chi connectivity index (χ1v) is 6.48. The zero-order valence-electron chi connectivity index (χ0n) is 10.7. The Labute approximate surface area is 125 Å². The Morgan fingerprint density at radius 3 is 2.14 bits per heavy atom. The van der Waals surface area contributed by atoms with Crippen molar-refractivity contribution in [3.8, 4) is 0 Å². The molecule has 2 aromatic carbocycles. The van der Waals surface area contributed by atoms with E-state index in [-0.39, 0.29) is 16.2 Å². The highest BCUT2D eigenvalue weighted by molar-refractivity contribution is 7.80. The van der Waals surface area contributed by atoms with Crippen molar-refractivity contribution in [2.24, 2.45) is 5.73 Å². The first-order chi connectivity index (χ1) is 10.0. The zero-order chi connectivity index (χ0) is 15.1. The van der Waals surface area contributed by atoms with Gasteiger partial charge >= 0.3 is 0 Å². The molecule has 0 atom stereocenters. The molecule has 0 fully saturated rings. The van der Waals surface area contributed by atoms with Gasteiger partial charge in [-0.25, -0.2) is 9.29 Å². The number of nitrogens with two attached hydrogens (primary N) is 1. The van der Waals surface area contributed by atoms with Crippen LogP contribution in [-0.2, 0) is 0 Å². The molecule has 4 nitrogen and oxygen atoms in total. The van der Waals surface area contributed by atoms with E-state index in [0.29, 0.717) is 11.1 Å². The summed E-state index contributed by atoms with van der Waals surface area (Å²) in [5.41, 5.74) is 6.32. The molecule has 0 unspecified atom stereocenters. The number of thiocarbonyl (C=S) groups is 1. The molecule has 0 aromatic heterocycles. The van der Waals surface area contributed by atoms with Gasteiger partial charge in [-0.2, -0.15) is 0 Å². The fourth-order valence-electron chi connectivity index (χ4n) is 2.26. The molecule has 6 heteroatoms. The lowest BCUT2D eigenvalue weighted by Crippen LogP contribution is -2.29. The fraction of sp³-hybridized carbons (Fsp3) is 0. The average Bonchev–Trinajstić information content (AvgIpc) is 2.72. The Kier molecular flexibility index (Phi) is 3.03. The van der Waals surface area contributed by atoms with E-state index in [1.807, 2.05) is 0 Å². The second-order valence-electron chi connectivity index (χ2n) is 4.52. The smallest absolute Gasteiger partial charge is 0.266 e. The van der Waals surface area contributed by atoms with Gasteiger partial charge in [-0.1, -0.05) is 24.4 Å². The van der Waals surface area contributed by atoms with Gasteiger partial charge in [-0.15, -0.1) is 0 Å². The molecule has 0 spiro atoms. The molecule has 1 heterocycles. The van der Waals surface area contributed by atoms with E-state index < -0.39 is 17.6 Å². The van der Waals surface area contributed by atoms with Crippen LogP contribution in [0.1, 0.15) is 26.3 Å². The van der Waals surface area contributed by atoms with Crippen molar-refractivity contribution in [2.45, 2.75) is 0 Å². The van der Waals surface area contributed by atoms with Crippen molar-refractivity contribution in [1.29, 1.82) is 0 Å². The average molecular weight is 300 g/mol. The molecule has 104 valence electrons. The minimum absolute atomic E-state index is 0.000874. The van der Waals surface area contributed by atoms with Crippen LogP contribution in [0.5, 0.6) is 0 Å². The molecule has 0 saturated carbocycles. The molecule has 1 aliphatic heterocycles. The molecule has 2 amide bonds. The SMILES string of the molecule is NC(=S)c1cc(N2C(=O)c3ccccc3C2=O)ccc1F. The van der Waals surface area contributed by atoms with Gasteiger partial charge in [0.15, 0.2) is 0 Å². The minimum Gasteiger partial charge on any atom is -0.389 e. The summed E-state index contributed by atoms with van der Waals surface area (Å²) < 4.78 is 13.6. The number of amides is 2. The summed E-state index contributed by atoms with van der Waals surface area (Å²) in [6, 6.07) is 10.3. The van der Waals surface area contributed by atoms with Crippen molar-refractivity contribution in [2.75, 3.05) is 4.90 Å². The van der Waals surface area contributed by atoms with E-state index in [0.717, 1.165) is 11.0 Å². The number of benzene rings is 2. The number of fused-ring (bicyclic) bond motifs is 1. The van der Waals surface area contributed by atoms with Crippen molar-refractivity contribution in [3.63, 3.8) is 0 Å². The second-order valence-corrected chi connectivity index (χ2v) is 4.96. The van der Waals surface area contributed by atoms with Crippen LogP contribution in [-0.4, -0.2) is 16.8 Å². The van der Waals surface area contributed by atoms with E-state index in [4.69, 9.17) is 18.0 Å². The summed E-state index contributed by atoms with van der Waals surface area (Å²) in [7, 11) is 0. The van der Waals surface area contributed by atoms with Gasteiger partial charge < -0.3 is 5.73 Å². The molecule has 21 heavy (non-hydrogen) atoms. The maximum Gasteiger partial charge on any atom is 0.266 e. The van der Waals surface area contributed by atoms with E-state index in [2.05, 4.69) is 0 Å². The molecule has 2 N–H and O–H groups in total. The van der Waals surface area contributed by atoms with Gasteiger partial charge in [-0.3, -0.25) is 9.59 Å².